The summed E-state index contributed by atoms with van der Waals surface area (Å²) in [4.78, 5) is 2.78. The first-order valence-electron chi connectivity index (χ1n) is 9.07. The van der Waals surface area contributed by atoms with Crippen molar-refractivity contribution in [2.24, 2.45) is 23.2 Å². The van der Waals surface area contributed by atoms with E-state index in [9.17, 15) is 0 Å². The lowest BCUT2D eigenvalue weighted by atomic mass is 9.73. The molecule has 0 amide bonds. The van der Waals surface area contributed by atoms with Gasteiger partial charge in [-0.05, 0) is 30.1 Å². The smallest absolute Gasteiger partial charge is 0.149 e. The minimum Gasteiger partial charge on any atom is -0.308 e. The Labute approximate surface area is 133 Å². The maximum absolute atomic E-state index is 2.78. The molecule has 0 radical (unpaired) electrons. The molecular weight excluding hydrogens is 256 g/mol. The molecule has 0 spiro atoms. The summed E-state index contributed by atoms with van der Waals surface area (Å²) in [5, 5.41) is 0. The predicted molar refractivity (Wildman–Crippen MR) is 92.1 cm³/mol. The molecule has 0 aromatic carbocycles. The third-order valence-corrected chi connectivity index (χ3v) is 7.05. The highest BCUT2D eigenvalue weighted by Crippen LogP contribution is 2.44. The Kier molecular flexibility index (Phi) is 4.55. The normalized spacial score (nSPS) is 33.3. The molecule has 2 saturated heterocycles. The van der Waals surface area contributed by atoms with Gasteiger partial charge in [0.05, 0.1) is 26.1 Å². The monoisotopic (exact) mass is 295 g/mol. The first-order valence-corrected chi connectivity index (χ1v) is 9.07. The Morgan fingerprint density at radius 1 is 0.952 bits per heavy atom. The lowest BCUT2D eigenvalue weighted by Crippen LogP contribution is -2.77. The fourth-order valence-electron chi connectivity index (χ4n) is 4.37. The van der Waals surface area contributed by atoms with E-state index in [1.807, 2.05) is 0 Å². The van der Waals surface area contributed by atoms with E-state index in [0.717, 1.165) is 17.8 Å². The molecule has 2 fully saturated rings. The number of hydrogen-bond donors (Lipinski definition) is 0. The fraction of sp³-hybridized carbons (Fsp3) is 1.00. The van der Waals surface area contributed by atoms with Crippen LogP contribution in [-0.4, -0.2) is 48.3 Å². The van der Waals surface area contributed by atoms with Gasteiger partial charge < -0.3 is 4.48 Å². The summed E-state index contributed by atoms with van der Waals surface area (Å²) in [5.41, 5.74) is 0.766. The quantitative estimate of drug-likeness (QED) is 0.705. The van der Waals surface area contributed by atoms with E-state index in [-0.39, 0.29) is 0 Å². The van der Waals surface area contributed by atoms with Crippen LogP contribution in [0.1, 0.15) is 61.3 Å². The fourth-order valence-corrected chi connectivity index (χ4v) is 4.37. The molecule has 0 atom stereocenters. The van der Waals surface area contributed by atoms with Gasteiger partial charge in [-0.3, -0.25) is 4.90 Å². The van der Waals surface area contributed by atoms with Gasteiger partial charge in [-0.25, -0.2) is 0 Å². The molecule has 0 saturated carbocycles. The van der Waals surface area contributed by atoms with Gasteiger partial charge in [0, 0.05) is 26.9 Å². The maximum atomic E-state index is 2.78. The number of nitrogens with zero attached hydrogens (tertiary/aromatic N) is 2. The summed E-state index contributed by atoms with van der Waals surface area (Å²) >= 11 is 0. The molecule has 2 aliphatic heterocycles. The van der Waals surface area contributed by atoms with E-state index in [2.05, 4.69) is 60.4 Å². The van der Waals surface area contributed by atoms with Crippen molar-refractivity contribution in [2.75, 3.05) is 33.2 Å². The summed E-state index contributed by atoms with van der Waals surface area (Å²) < 4.78 is 1.24. The average molecular weight is 296 g/mol. The SMILES string of the molecule is CC(C)C1CCN(C(C)(C)[N+]2(C)CC(C(C)(C)C)C2)CC1. The maximum Gasteiger partial charge on any atom is 0.149 e. The second kappa shape index (κ2) is 5.53. The molecule has 2 aliphatic rings. The molecule has 2 nitrogen and oxygen atoms in total. The van der Waals surface area contributed by atoms with Gasteiger partial charge >= 0.3 is 0 Å². The van der Waals surface area contributed by atoms with Gasteiger partial charge in [-0.2, -0.15) is 0 Å². The summed E-state index contributed by atoms with van der Waals surface area (Å²) in [6, 6.07) is 0. The molecule has 0 aromatic rings. The Morgan fingerprint density at radius 3 is 1.81 bits per heavy atom. The standard InChI is InChI=1S/C19H39N2/c1-15(2)16-9-11-20(12-10-16)19(6,7)21(8)13-17(14-21)18(3,4)5/h15-17H,9-14H2,1-8H3/q+1. The minimum absolute atomic E-state index is 0.295. The number of quaternary nitrogens is 1. The number of hydrogen-bond acceptors (Lipinski definition) is 1. The second-order valence-corrected chi connectivity index (χ2v) is 9.89. The van der Waals surface area contributed by atoms with Gasteiger partial charge in [0.2, 0.25) is 0 Å². The van der Waals surface area contributed by atoms with Crippen LogP contribution in [0.25, 0.3) is 0 Å². The zero-order valence-electron chi connectivity index (χ0n) is 15.9. The van der Waals surface area contributed by atoms with Gasteiger partial charge in [0.25, 0.3) is 0 Å². The van der Waals surface area contributed by atoms with E-state index < -0.39 is 0 Å². The van der Waals surface area contributed by atoms with E-state index in [0.29, 0.717) is 11.1 Å². The van der Waals surface area contributed by atoms with Crippen molar-refractivity contribution in [1.82, 2.24) is 4.90 Å². The Balaban J connectivity index is 1.97. The zero-order valence-corrected chi connectivity index (χ0v) is 15.9. The molecule has 2 rings (SSSR count). The molecule has 124 valence electrons. The molecular formula is C19H39N2+. The second-order valence-electron chi connectivity index (χ2n) is 9.89. The van der Waals surface area contributed by atoms with Crippen molar-refractivity contribution in [3.63, 3.8) is 0 Å². The molecule has 21 heavy (non-hydrogen) atoms. The predicted octanol–water partition coefficient (Wildman–Crippen LogP) is 4.21. The molecule has 0 aromatic heterocycles. The zero-order chi connectivity index (χ0) is 16.1. The molecule has 2 heterocycles. The topological polar surface area (TPSA) is 3.24 Å². The van der Waals surface area contributed by atoms with Crippen molar-refractivity contribution in [3.05, 3.63) is 0 Å². The van der Waals surface area contributed by atoms with Crippen LogP contribution >= 0.6 is 0 Å². The Bertz CT molecular complexity index is 350. The van der Waals surface area contributed by atoms with Gasteiger partial charge in [0.15, 0.2) is 0 Å². The number of rotatable bonds is 3. The van der Waals surface area contributed by atoms with E-state index >= 15 is 0 Å². The van der Waals surface area contributed by atoms with Crippen LogP contribution in [0.3, 0.4) is 0 Å². The summed E-state index contributed by atoms with van der Waals surface area (Å²) in [6.45, 7) is 22.3. The van der Waals surface area contributed by atoms with Crippen LogP contribution in [0, 0.1) is 23.2 Å². The van der Waals surface area contributed by atoms with E-state index in [1.54, 1.807) is 0 Å². The molecule has 0 N–H and O–H groups in total. The first-order chi connectivity index (χ1) is 9.47. The van der Waals surface area contributed by atoms with Gasteiger partial charge in [0.1, 0.15) is 5.66 Å². The first kappa shape index (κ1) is 17.3. The van der Waals surface area contributed by atoms with Crippen LogP contribution in [0.5, 0.6) is 0 Å². The molecule has 0 bridgehead atoms. The third kappa shape index (κ3) is 3.17. The van der Waals surface area contributed by atoms with Crippen molar-refractivity contribution in [1.29, 1.82) is 0 Å². The molecule has 0 unspecified atom stereocenters. The Hall–Kier alpha value is -0.0800. The number of piperidine rings is 1. The summed E-state index contributed by atoms with van der Waals surface area (Å²) in [5.74, 6) is 2.69. The van der Waals surface area contributed by atoms with Gasteiger partial charge in [-0.1, -0.05) is 34.6 Å². The van der Waals surface area contributed by atoms with Crippen LogP contribution in [0.2, 0.25) is 0 Å². The van der Waals surface area contributed by atoms with E-state index in [1.165, 1.54) is 43.5 Å². The largest absolute Gasteiger partial charge is 0.308 e. The van der Waals surface area contributed by atoms with Crippen LogP contribution in [-0.2, 0) is 0 Å². The summed E-state index contributed by atoms with van der Waals surface area (Å²) in [6.07, 6.45) is 2.79. The van der Waals surface area contributed by atoms with Crippen molar-refractivity contribution < 1.29 is 4.48 Å². The lowest BCUT2D eigenvalue weighted by molar-refractivity contribution is -1.01. The van der Waals surface area contributed by atoms with Crippen molar-refractivity contribution >= 4 is 0 Å². The highest BCUT2D eigenvalue weighted by molar-refractivity contribution is 4.87. The minimum atomic E-state index is 0.295. The Morgan fingerprint density at radius 2 is 1.43 bits per heavy atom. The highest BCUT2D eigenvalue weighted by atomic mass is 15.5. The van der Waals surface area contributed by atoms with Crippen LogP contribution in [0.4, 0.5) is 0 Å². The highest BCUT2D eigenvalue weighted by Gasteiger charge is 2.56. The average Bonchev–Trinajstić information content (AvgIpc) is 2.33. The van der Waals surface area contributed by atoms with Crippen molar-refractivity contribution in [2.45, 2.75) is 67.0 Å². The molecule has 0 aliphatic carbocycles. The van der Waals surface area contributed by atoms with Crippen molar-refractivity contribution in [3.8, 4) is 0 Å². The third-order valence-electron chi connectivity index (χ3n) is 7.05. The lowest BCUT2D eigenvalue weighted by Gasteiger charge is -2.62. The van der Waals surface area contributed by atoms with E-state index in [4.69, 9.17) is 0 Å². The van der Waals surface area contributed by atoms with Gasteiger partial charge in [-0.15, -0.1) is 0 Å². The van der Waals surface area contributed by atoms with Crippen LogP contribution in [0.15, 0.2) is 0 Å². The number of likely N-dealkylation sites (tertiary alicyclic amines) is 2. The van der Waals surface area contributed by atoms with Crippen LogP contribution < -0.4 is 0 Å². The summed E-state index contributed by atoms with van der Waals surface area (Å²) in [7, 11) is 2.48. The molecule has 2 heteroatoms.